The quantitative estimate of drug-likeness (QED) is 0.780. The first-order valence-electron chi connectivity index (χ1n) is 7.67. The maximum absolute atomic E-state index is 12.0. The summed E-state index contributed by atoms with van der Waals surface area (Å²) >= 11 is 0. The number of methoxy groups -OCH3 is 1. The Kier molecular flexibility index (Phi) is 4.75. The predicted molar refractivity (Wildman–Crippen MR) is 87.4 cm³/mol. The number of aliphatic hydroxyl groups excluding tert-OH is 1. The zero-order chi connectivity index (χ0) is 18.1. The molecule has 1 aromatic carbocycles. The molecule has 1 aliphatic rings. The van der Waals surface area contributed by atoms with Gasteiger partial charge in [-0.05, 0) is 57.4 Å². The molecule has 0 unspecified atom stereocenters. The molecule has 0 spiro atoms. The van der Waals surface area contributed by atoms with Gasteiger partial charge in [0.05, 0.1) is 18.6 Å². The van der Waals surface area contributed by atoms with Crippen molar-refractivity contribution in [3.05, 3.63) is 23.8 Å². The third-order valence-electron chi connectivity index (χ3n) is 3.96. The lowest BCUT2D eigenvalue weighted by atomic mass is 9.62. The molecule has 1 fully saturated rings. The molecule has 7 heteroatoms. The molecule has 0 saturated heterocycles. The molecule has 1 aliphatic carbocycles. The predicted octanol–water partition coefficient (Wildman–Crippen LogP) is 2.52. The number of carboxylic acids is 1. The van der Waals surface area contributed by atoms with Crippen LogP contribution in [0.25, 0.3) is 0 Å². The molecular weight excluding hydrogens is 314 g/mol. The van der Waals surface area contributed by atoms with Crippen LogP contribution >= 0.6 is 0 Å². The van der Waals surface area contributed by atoms with E-state index in [2.05, 4.69) is 5.32 Å². The van der Waals surface area contributed by atoms with E-state index < -0.39 is 29.2 Å². The number of nitrogens with one attached hydrogen (secondary N) is 1. The summed E-state index contributed by atoms with van der Waals surface area (Å²) in [6, 6.07) is 4.78. The molecule has 132 valence electrons. The molecule has 1 saturated carbocycles. The van der Waals surface area contributed by atoms with E-state index in [4.69, 9.17) is 9.47 Å². The lowest BCUT2D eigenvalue weighted by molar-refractivity contribution is -0.152. The van der Waals surface area contributed by atoms with Crippen molar-refractivity contribution in [3.63, 3.8) is 0 Å². The van der Waals surface area contributed by atoms with Gasteiger partial charge in [-0.1, -0.05) is 0 Å². The van der Waals surface area contributed by atoms with E-state index in [9.17, 15) is 19.8 Å². The first-order chi connectivity index (χ1) is 11.1. The van der Waals surface area contributed by atoms with Gasteiger partial charge in [-0.3, -0.25) is 10.1 Å². The summed E-state index contributed by atoms with van der Waals surface area (Å²) in [5.74, 6) is -0.574. The number of ether oxygens (including phenoxy) is 2. The molecule has 1 aromatic rings. The first-order valence-corrected chi connectivity index (χ1v) is 7.67. The summed E-state index contributed by atoms with van der Waals surface area (Å²) < 4.78 is 10.4. The fourth-order valence-corrected chi connectivity index (χ4v) is 2.82. The highest BCUT2D eigenvalue weighted by molar-refractivity contribution is 5.91. The maximum Gasteiger partial charge on any atom is 0.412 e. The molecule has 2 rings (SSSR count). The normalized spacial score (nSPS) is 23.1. The van der Waals surface area contributed by atoms with E-state index in [1.54, 1.807) is 39.0 Å². The lowest BCUT2D eigenvalue weighted by Crippen LogP contribution is -2.51. The van der Waals surface area contributed by atoms with Crippen molar-refractivity contribution < 1.29 is 29.3 Å². The van der Waals surface area contributed by atoms with Gasteiger partial charge in [-0.15, -0.1) is 0 Å². The molecule has 0 atom stereocenters. The Bertz CT molecular complexity index is 643. The number of anilines is 1. The van der Waals surface area contributed by atoms with E-state index in [-0.39, 0.29) is 12.8 Å². The van der Waals surface area contributed by atoms with Crippen LogP contribution in [0.4, 0.5) is 10.5 Å². The van der Waals surface area contributed by atoms with Crippen LogP contribution in [-0.4, -0.2) is 41.1 Å². The number of carbonyl (C=O) groups excluding carboxylic acids is 1. The average Bonchev–Trinajstić information content (AvgIpc) is 2.41. The van der Waals surface area contributed by atoms with Crippen LogP contribution in [0.5, 0.6) is 5.75 Å². The van der Waals surface area contributed by atoms with Crippen molar-refractivity contribution in [2.24, 2.45) is 0 Å². The van der Waals surface area contributed by atoms with Gasteiger partial charge < -0.3 is 19.7 Å². The summed E-state index contributed by atoms with van der Waals surface area (Å²) in [4.78, 5) is 23.9. The highest BCUT2D eigenvalue weighted by Gasteiger charge is 2.52. The fourth-order valence-electron chi connectivity index (χ4n) is 2.82. The van der Waals surface area contributed by atoms with E-state index in [1.165, 1.54) is 7.11 Å². The van der Waals surface area contributed by atoms with Crippen LogP contribution in [-0.2, 0) is 14.9 Å². The number of hydrogen-bond acceptors (Lipinski definition) is 5. The van der Waals surface area contributed by atoms with Crippen molar-refractivity contribution in [2.45, 2.75) is 50.7 Å². The molecule has 0 heterocycles. The summed E-state index contributed by atoms with van der Waals surface area (Å²) in [5, 5.41) is 21.9. The Morgan fingerprint density at radius 2 is 1.92 bits per heavy atom. The largest absolute Gasteiger partial charge is 0.497 e. The van der Waals surface area contributed by atoms with Crippen LogP contribution in [0.2, 0.25) is 0 Å². The minimum Gasteiger partial charge on any atom is -0.497 e. The van der Waals surface area contributed by atoms with Gasteiger partial charge in [-0.2, -0.15) is 0 Å². The molecule has 0 aliphatic heterocycles. The summed E-state index contributed by atoms with van der Waals surface area (Å²) in [7, 11) is 1.48. The van der Waals surface area contributed by atoms with Crippen LogP contribution in [0.3, 0.4) is 0 Å². The molecule has 1 amide bonds. The van der Waals surface area contributed by atoms with Crippen molar-refractivity contribution in [1.29, 1.82) is 0 Å². The molecule has 7 nitrogen and oxygen atoms in total. The van der Waals surface area contributed by atoms with Crippen LogP contribution in [0, 0.1) is 0 Å². The minimum absolute atomic E-state index is 0.0818. The fraction of sp³-hybridized carbons (Fsp3) is 0.529. The third-order valence-corrected chi connectivity index (χ3v) is 3.96. The van der Waals surface area contributed by atoms with Crippen molar-refractivity contribution >= 4 is 17.7 Å². The summed E-state index contributed by atoms with van der Waals surface area (Å²) in [6.07, 6.45) is -1.19. The van der Waals surface area contributed by atoms with E-state index in [0.717, 1.165) is 0 Å². The van der Waals surface area contributed by atoms with Gasteiger partial charge in [0.1, 0.15) is 11.4 Å². The number of aliphatic hydroxyl groups is 1. The second-order valence-electron chi connectivity index (χ2n) is 6.99. The van der Waals surface area contributed by atoms with Crippen LogP contribution in [0.15, 0.2) is 18.2 Å². The minimum atomic E-state index is -1.25. The number of amides is 1. The topological polar surface area (TPSA) is 105 Å². The monoisotopic (exact) mass is 337 g/mol. The highest BCUT2D eigenvalue weighted by atomic mass is 16.6. The SMILES string of the molecule is COc1ccc(NC(=O)OC(C)(C)C)c(C2(C(=O)O)CC(O)C2)c1. The Balaban J connectivity index is 2.38. The molecule has 24 heavy (non-hydrogen) atoms. The van der Waals surface area contributed by atoms with Crippen molar-refractivity contribution in [3.8, 4) is 5.75 Å². The zero-order valence-corrected chi connectivity index (χ0v) is 14.3. The van der Waals surface area contributed by atoms with E-state index in [0.29, 0.717) is 17.0 Å². The molecule has 0 bridgehead atoms. The van der Waals surface area contributed by atoms with Gasteiger partial charge in [0.2, 0.25) is 0 Å². The number of hydrogen-bond donors (Lipinski definition) is 3. The molecule has 0 aromatic heterocycles. The standard InChI is InChI=1S/C17H23NO6/c1-16(2,3)24-15(22)18-13-6-5-11(23-4)7-12(13)17(14(20)21)8-10(19)9-17/h5-7,10,19H,8-9H2,1-4H3,(H,18,22)(H,20,21). The Morgan fingerprint density at radius 1 is 1.29 bits per heavy atom. The van der Waals surface area contributed by atoms with E-state index >= 15 is 0 Å². The van der Waals surface area contributed by atoms with Gasteiger partial charge in [0.15, 0.2) is 0 Å². The molecule has 0 radical (unpaired) electrons. The van der Waals surface area contributed by atoms with Crippen LogP contribution < -0.4 is 10.1 Å². The Morgan fingerprint density at radius 3 is 2.38 bits per heavy atom. The lowest BCUT2D eigenvalue weighted by Gasteiger charge is -2.43. The molecule has 3 N–H and O–H groups in total. The van der Waals surface area contributed by atoms with Crippen LogP contribution in [0.1, 0.15) is 39.2 Å². The van der Waals surface area contributed by atoms with Gasteiger partial charge in [-0.25, -0.2) is 4.79 Å². The number of aliphatic carboxylic acids is 1. The molecular formula is C17H23NO6. The van der Waals surface area contributed by atoms with Crippen molar-refractivity contribution in [1.82, 2.24) is 0 Å². The zero-order valence-electron chi connectivity index (χ0n) is 14.3. The van der Waals surface area contributed by atoms with Crippen molar-refractivity contribution in [2.75, 3.05) is 12.4 Å². The Labute approximate surface area is 140 Å². The van der Waals surface area contributed by atoms with Gasteiger partial charge >= 0.3 is 12.1 Å². The highest BCUT2D eigenvalue weighted by Crippen LogP contribution is 2.48. The third kappa shape index (κ3) is 3.62. The van der Waals surface area contributed by atoms with Gasteiger partial charge in [0, 0.05) is 5.69 Å². The number of carboxylic acid groups (broad SMARTS) is 1. The number of rotatable bonds is 4. The first kappa shape index (κ1) is 18.1. The second kappa shape index (κ2) is 6.32. The summed E-state index contributed by atoms with van der Waals surface area (Å²) in [5.41, 5.74) is -1.20. The summed E-state index contributed by atoms with van der Waals surface area (Å²) in [6.45, 7) is 5.22. The van der Waals surface area contributed by atoms with E-state index in [1.807, 2.05) is 0 Å². The smallest absolute Gasteiger partial charge is 0.412 e. The Hall–Kier alpha value is -2.28. The maximum atomic E-state index is 12.0. The average molecular weight is 337 g/mol. The van der Waals surface area contributed by atoms with Gasteiger partial charge in [0.25, 0.3) is 0 Å². The number of carbonyl (C=O) groups is 2. The second-order valence-corrected chi connectivity index (χ2v) is 6.99. The number of benzene rings is 1.